The summed E-state index contributed by atoms with van der Waals surface area (Å²) in [4.78, 5) is 0. The highest BCUT2D eigenvalue weighted by Gasteiger charge is 2.00. The van der Waals surface area contributed by atoms with Crippen molar-refractivity contribution < 1.29 is 5.11 Å². The van der Waals surface area contributed by atoms with Crippen molar-refractivity contribution in [3.8, 4) is 0 Å². The van der Waals surface area contributed by atoms with E-state index in [1.807, 2.05) is 29.1 Å². The number of aromatic nitrogens is 3. The highest BCUT2D eigenvalue weighted by molar-refractivity contribution is 5.14. The second-order valence-corrected chi connectivity index (χ2v) is 3.72. The molecule has 16 heavy (non-hydrogen) atoms. The van der Waals surface area contributed by atoms with Crippen LogP contribution in [-0.2, 0) is 13.0 Å². The lowest BCUT2D eigenvalue weighted by Gasteiger charge is -1.99. The maximum Gasteiger partial charge on any atom is 0.0828 e. The minimum atomic E-state index is 0.200. The molecule has 1 N–H and O–H groups in total. The summed E-state index contributed by atoms with van der Waals surface area (Å²) in [7, 11) is 0. The van der Waals surface area contributed by atoms with Gasteiger partial charge in [-0.25, -0.2) is 4.68 Å². The van der Waals surface area contributed by atoms with Crippen molar-refractivity contribution in [2.45, 2.75) is 19.4 Å². The Morgan fingerprint density at radius 1 is 1.19 bits per heavy atom. The highest BCUT2D eigenvalue weighted by Crippen LogP contribution is 2.03. The van der Waals surface area contributed by atoms with Crippen molar-refractivity contribution in [1.29, 1.82) is 0 Å². The van der Waals surface area contributed by atoms with Crippen molar-refractivity contribution in [3.05, 3.63) is 47.8 Å². The van der Waals surface area contributed by atoms with Crippen LogP contribution in [0.2, 0.25) is 0 Å². The van der Waals surface area contributed by atoms with Crippen LogP contribution in [0.4, 0.5) is 0 Å². The molecule has 0 saturated carbocycles. The van der Waals surface area contributed by atoms with Gasteiger partial charge in [-0.1, -0.05) is 35.5 Å². The molecule has 2 aromatic rings. The molecule has 0 amide bonds. The molecule has 1 aromatic carbocycles. The lowest BCUT2D eigenvalue weighted by Crippen LogP contribution is -1.99. The Morgan fingerprint density at radius 3 is 2.75 bits per heavy atom. The second kappa shape index (κ2) is 5.42. The summed E-state index contributed by atoms with van der Waals surface area (Å²) in [5.41, 5.74) is 2.14. The Morgan fingerprint density at radius 2 is 2.00 bits per heavy atom. The maximum absolute atomic E-state index is 8.71. The summed E-state index contributed by atoms with van der Waals surface area (Å²) in [6.45, 7) is 0.943. The van der Waals surface area contributed by atoms with E-state index in [4.69, 9.17) is 5.11 Å². The van der Waals surface area contributed by atoms with E-state index in [2.05, 4.69) is 22.4 Å². The van der Waals surface area contributed by atoms with E-state index in [1.54, 1.807) is 0 Å². The topological polar surface area (TPSA) is 50.9 Å². The van der Waals surface area contributed by atoms with E-state index in [0.29, 0.717) is 0 Å². The van der Waals surface area contributed by atoms with Crippen LogP contribution in [0, 0.1) is 0 Å². The van der Waals surface area contributed by atoms with E-state index in [1.165, 1.54) is 5.56 Å². The first kappa shape index (κ1) is 10.8. The van der Waals surface area contributed by atoms with Gasteiger partial charge < -0.3 is 5.11 Å². The lowest BCUT2D eigenvalue weighted by atomic mass is 10.2. The van der Waals surface area contributed by atoms with Crippen LogP contribution in [0.15, 0.2) is 36.5 Å². The molecule has 0 saturated heterocycles. The Bertz CT molecular complexity index is 425. The van der Waals surface area contributed by atoms with Gasteiger partial charge in [-0.15, -0.1) is 5.10 Å². The third-order valence-corrected chi connectivity index (χ3v) is 2.36. The molecule has 0 fully saturated rings. The molecule has 0 aliphatic heterocycles. The summed E-state index contributed by atoms with van der Waals surface area (Å²) in [5.74, 6) is 0. The number of benzene rings is 1. The monoisotopic (exact) mass is 217 g/mol. The van der Waals surface area contributed by atoms with Crippen LogP contribution in [0.3, 0.4) is 0 Å². The minimum Gasteiger partial charge on any atom is -0.396 e. The van der Waals surface area contributed by atoms with Gasteiger partial charge in [-0.05, 0) is 18.4 Å². The van der Waals surface area contributed by atoms with Crippen molar-refractivity contribution >= 4 is 0 Å². The first-order valence-corrected chi connectivity index (χ1v) is 5.42. The van der Waals surface area contributed by atoms with E-state index >= 15 is 0 Å². The predicted molar refractivity (Wildman–Crippen MR) is 61.0 cm³/mol. The number of hydrogen-bond acceptors (Lipinski definition) is 3. The first-order chi connectivity index (χ1) is 7.88. The number of rotatable bonds is 5. The SMILES string of the molecule is OCCCc1cn(Cc2ccccc2)nn1. The lowest BCUT2D eigenvalue weighted by molar-refractivity contribution is 0.288. The zero-order valence-corrected chi connectivity index (χ0v) is 9.08. The quantitative estimate of drug-likeness (QED) is 0.820. The fraction of sp³-hybridized carbons (Fsp3) is 0.333. The standard InChI is InChI=1S/C12H15N3O/c16-8-4-7-12-10-15(14-13-12)9-11-5-2-1-3-6-11/h1-3,5-6,10,16H,4,7-9H2. The van der Waals surface area contributed by atoms with E-state index in [9.17, 15) is 0 Å². The van der Waals surface area contributed by atoms with Crippen LogP contribution in [0.25, 0.3) is 0 Å². The molecule has 4 nitrogen and oxygen atoms in total. The van der Waals surface area contributed by atoms with Crippen LogP contribution < -0.4 is 0 Å². The molecule has 0 aliphatic rings. The largest absolute Gasteiger partial charge is 0.396 e. The third-order valence-electron chi connectivity index (χ3n) is 2.36. The summed E-state index contributed by atoms with van der Waals surface area (Å²) in [6, 6.07) is 10.2. The van der Waals surface area contributed by atoms with Crippen molar-refractivity contribution in [2.24, 2.45) is 0 Å². The molecule has 0 bridgehead atoms. The van der Waals surface area contributed by atoms with Crippen LogP contribution in [-0.4, -0.2) is 26.7 Å². The number of hydrogen-bond donors (Lipinski definition) is 1. The van der Waals surface area contributed by atoms with Crippen LogP contribution in [0.5, 0.6) is 0 Å². The Labute approximate surface area is 94.5 Å². The first-order valence-electron chi connectivity index (χ1n) is 5.42. The Hall–Kier alpha value is -1.68. The fourth-order valence-electron chi connectivity index (χ4n) is 1.56. The number of aliphatic hydroxyl groups excluding tert-OH is 1. The maximum atomic E-state index is 8.71. The molecule has 0 unspecified atom stereocenters. The number of aliphatic hydroxyl groups is 1. The molecule has 1 heterocycles. The molecule has 0 atom stereocenters. The predicted octanol–water partition coefficient (Wildman–Crippen LogP) is 1.25. The van der Waals surface area contributed by atoms with Crippen LogP contribution in [0.1, 0.15) is 17.7 Å². The fourth-order valence-corrected chi connectivity index (χ4v) is 1.56. The Balaban J connectivity index is 1.97. The van der Waals surface area contributed by atoms with Gasteiger partial charge in [0.25, 0.3) is 0 Å². The van der Waals surface area contributed by atoms with Crippen molar-refractivity contribution in [2.75, 3.05) is 6.61 Å². The van der Waals surface area contributed by atoms with Gasteiger partial charge >= 0.3 is 0 Å². The van der Waals surface area contributed by atoms with Crippen molar-refractivity contribution in [1.82, 2.24) is 15.0 Å². The Kier molecular flexibility index (Phi) is 3.66. The molecule has 0 aliphatic carbocycles. The molecular weight excluding hydrogens is 202 g/mol. The number of nitrogens with zero attached hydrogens (tertiary/aromatic N) is 3. The van der Waals surface area contributed by atoms with Gasteiger partial charge in [0, 0.05) is 12.8 Å². The molecule has 2 rings (SSSR count). The number of aryl methyl sites for hydroxylation is 1. The van der Waals surface area contributed by atoms with E-state index < -0.39 is 0 Å². The third kappa shape index (κ3) is 2.90. The average Bonchev–Trinajstić information content (AvgIpc) is 2.75. The summed E-state index contributed by atoms with van der Waals surface area (Å²) in [5, 5.41) is 16.8. The smallest absolute Gasteiger partial charge is 0.0828 e. The molecular formula is C12H15N3O. The minimum absolute atomic E-state index is 0.200. The molecule has 84 valence electrons. The zero-order valence-electron chi connectivity index (χ0n) is 9.08. The average molecular weight is 217 g/mol. The zero-order chi connectivity index (χ0) is 11.2. The van der Waals surface area contributed by atoms with Gasteiger partial charge in [0.2, 0.25) is 0 Å². The molecule has 1 aromatic heterocycles. The van der Waals surface area contributed by atoms with Gasteiger partial charge in [-0.2, -0.15) is 0 Å². The van der Waals surface area contributed by atoms with E-state index in [-0.39, 0.29) is 6.61 Å². The molecule has 4 heteroatoms. The van der Waals surface area contributed by atoms with Gasteiger partial charge in [0.05, 0.1) is 12.2 Å². The summed E-state index contributed by atoms with van der Waals surface area (Å²) >= 11 is 0. The van der Waals surface area contributed by atoms with Gasteiger partial charge in [0.1, 0.15) is 0 Å². The highest BCUT2D eigenvalue weighted by atomic mass is 16.2. The summed E-state index contributed by atoms with van der Waals surface area (Å²) < 4.78 is 1.82. The van der Waals surface area contributed by atoms with Crippen LogP contribution >= 0.6 is 0 Å². The molecule has 0 spiro atoms. The second-order valence-electron chi connectivity index (χ2n) is 3.72. The van der Waals surface area contributed by atoms with Gasteiger partial charge in [0.15, 0.2) is 0 Å². The van der Waals surface area contributed by atoms with E-state index in [0.717, 1.165) is 25.1 Å². The van der Waals surface area contributed by atoms with Gasteiger partial charge in [-0.3, -0.25) is 0 Å². The summed E-state index contributed by atoms with van der Waals surface area (Å²) in [6.07, 6.45) is 3.46. The van der Waals surface area contributed by atoms with Crippen molar-refractivity contribution in [3.63, 3.8) is 0 Å². The molecule has 0 radical (unpaired) electrons. The normalized spacial score (nSPS) is 10.6.